The fourth-order valence-corrected chi connectivity index (χ4v) is 15.6. The number of likely N-dealkylation sites (tertiary alicyclic amines) is 3. The Morgan fingerprint density at radius 3 is 1.32 bits per heavy atom. The number of amides is 3. The predicted octanol–water partition coefficient (Wildman–Crippen LogP) is 17.7. The van der Waals surface area contributed by atoms with Crippen LogP contribution in [0.1, 0.15) is 213 Å². The van der Waals surface area contributed by atoms with Crippen LogP contribution < -0.4 is 20.7 Å². The lowest BCUT2D eigenvalue weighted by Gasteiger charge is -2.36. The molecule has 0 saturated carbocycles. The molecule has 3 saturated heterocycles. The highest BCUT2D eigenvalue weighted by Crippen LogP contribution is 2.28. The molecule has 0 radical (unpaired) electrons. The van der Waals surface area contributed by atoms with Gasteiger partial charge in [-0.2, -0.15) is 0 Å². The van der Waals surface area contributed by atoms with Gasteiger partial charge in [-0.05, 0) is 202 Å². The molecule has 3 amide bonds. The van der Waals surface area contributed by atoms with Crippen LogP contribution in [0.15, 0.2) is 140 Å². The molecule has 3 atom stereocenters. The van der Waals surface area contributed by atoms with Crippen LogP contribution in [0.4, 0.5) is 4.39 Å². The molecular weight excluding hydrogens is 1290 g/mol. The van der Waals surface area contributed by atoms with Crippen molar-refractivity contribution in [1.82, 2.24) is 54.2 Å². The molecular formula is C88H128FN11O4. The van der Waals surface area contributed by atoms with Gasteiger partial charge in [0, 0.05) is 135 Å². The SMILES string of the molecule is CCCCC(CC)CNC(=O)c1cn(CCCN(C)CCc2ccccn2)c2ccccc12.CCCCC(CC)CNC(=O)c1cn(CCCN2CCC(N3CCCC3)CC2)c2ccccc12.CCCCC(CC)CNC(=O)c1cn(CCCN2CCC(Oc3ccc(F)cc3)CC2)c2ccccc12. The lowest BCUT2D eigenvalue weighted by atomic mass is 9.99. The molecule has 0 aliphatic carbocycles. The van der Waals surface area contributed by atoms with Gasteiger partial charge in [-0.15, -0.1) is 0 Å². The van der Waals surface area contributed by atoms with Crippen molar-refractivity contribution in [3.05, 3.63) is 168 Å². The first-order valence-corrected chi connectivity index (χ1v) is 40.7. The fraction of sp³-hybridized carbons (Fsp3) is 0.568. The Balaban J connectivity index is 0.000000181. The smallest absolute Gasteiger partial charge is 0.253 e. The van der Waals surface area contributed by atoms with Gasteiger partial charge in [0.05, 0.1) is 16.7 Å². The largest absolute Gasteiger partial charge is 0.490 e. The summed E-state index contributed by atoms with van der Waals surface area (Å²) in [6.45, 7) is 29.6. The van der Waals surface area contributed by atoms with Gasteiger partial charge in [0.1, 0.15) is 17.7 Å². The number of aryl methyl sites for hydroxylation is 3. The Hall–Kier alpha value is -7.37. The molecule has 3 N–H and O–H groups in total. The van der Waals surface area contributed by atoms with Crippen LogP contribution >= 0.6 is 0 Å². The first-order valence-electron chi connectivity index (χ1n) is 40.7. The molecule has 11 rings (SSSR count). The van der Waals surface area contributed by atoms with E-state index in [1.54, 1.807) is 12.1 Å². The van der Waals surface area contributed by atoms with Crippen LogP contribution in [0, 0.1) is 23.6 Å². The third-order valence-corrected chi connectivity index (χ3v) is 22.4. The van der Waals surface area contributed by atoms with Crippen LogP contribution in [0.3, 0.4) is 0 Å². The number of piperidine rings is 2. The van der Waals surface area contributed by atoms with Crippen molar-refractivity contribution < 1.29 is 23.5 Å². The summed E-state index contributed by atoms with van der Waals surface area (Å²) >= 11 is 0. The lowest BCUT2D eigenvalue weighted by Crippen LogP contribution is -2.44. The molecule has 566 valence electrons. The van der Waals surface area contributed by atoms with Gasteiger partial charge < -0.3 is 54.0 Å². The van der Waals surface area contributed by atoms with E-state index in [2.05, 4.69) is 164 Å². The molecule has 0 spiro atoms. The zero-order valence-electron chi connectivity index (χ0n) is 64.6. The maximum absolute atomic E-state index is 13.1. The Labute approximate surface area is 623 Å². The summed E-state index contributed by atoms with van der Waals surface area (Å²) < 4.78 is 25.9. The number of likely N-dealkylation sites (N-methyl/N-ethyl adjacent to an activating group) is 1. The minimum Gasteiger partial charge on any atom is -0.490 e. The number of rotatable bonds is 39. The molecule has 104 heavy (non-hydrogen) atoms. The molecule has 16 heteroatoms. The summed E-state index contributed by atoms with van der Waals surface area (Å²) in [6, 6.07) is 38.1. The van der Waals surface area contributed by atoms with E-state index in [-0.39, 0.29) is 29.6 Å². The maximum Gasteiger partial charge on any atom is 0.253 e. The van der Waals surface area contributed by atoms with E-state index in [9.17, 15) is 18.8 Å². The van der Waals surface area contributed by atoms with Gasteiger partial charge >= 0.3 is 0 Å². The molecule has 3 unspecified atom stereocenters. The molecule has 3 aliphatic rings. The zero-order valence-corrected chi connectivity index (χ0v) is 64.6. The number of nitrogens with one attached hydrogen (secondary N) is 3. The van der Waals surface area contributed by atoms with Gasteiger partial charge in [-0.3, -0.25) is 19.4 Å². The van der Waals surface area contributed by atoms with Crippen LogP contribution in [-0.4, -0.2) is 160 Å². The first-order chi connectivity index (χ1) is 50.9. The highest BCUT2D eigenvalue weighted by atomic mass is 19.1. The normalized spacial score (nSPS) is 15.7. The van der Waals surface area contributed by atoms with Crippen LogP contribution in [-0.2, 0) is 26.1 Å². The third-order valence-electron chi connectivity index (χ3n) is 22.4. The number of fused-ring (bicyclic) bond motifs is 3. The third kappa shape index (κ3) is 24.9. The summed E-state index contributed by atoms with van der Waals surface area (Å²) in [7, 11) is 2.16. The summed E-state index contributed by atoms with van der Waals surface area (Å²) in [6.07, 6.45) is 33.9. The standard InChI is InChI=1S/C31H42FN3O2.C29H46N4O.C28H40N4O/c1-3-5-9-24(4-2)22-33-31(36)29-23-35(30-11-7-6-10-28(29)30)19-8-18-34-20-16-27(17-21-34)37-26-14-12-25(32)13-15-26;1-3-5-11-24(4-2)22-30-29(34)27-23-33(28-13-7-6-12-26(27)28)19-10-16-31-20-14-25(15-21-31)32-17-8-9-18-32;1-4-6-12-23(5-2)21-30-28(33)26-22-32(27-15-8-7-14-25(26)27)19-11-18-31(3)20-16-24-13-9-10-17-29-24/h6-7,10-15,23-24,27H,3-5,8-9,16-22H2,1-2H3,(H,33,36);6-7,12-13,23-25H,3-5,8-11,14-22H2,1-2H3,(H,30,34);7-10,13-15,17,22-23H,4-6,11-12,16,18-21H2,1-3H3,(H,30,33). The zero-order chi connectivity index (χ0) is 73.3. The highest BCUT2D eigenvalue weighted by molar-refractivity contribution is 6.08. The number of unbranched alkanes of at least 4 members (excludes halogenated alkanes) is 3. The van der Waals surface area contributed by atoms with Crippen molar-refractivity contribution >= 4 is 50.4 Å². The number of pyridine rings is 1. The number of carbonyl (C=O) groups is 3. The Morgan fingerprint density at radius 2 is 0.904 bits per heavy atom. The van der Waals surface area contributed by atoms with Crippen LogP contribution in [0.5, 0.6) is 5.75 Å². The molecule has 4 aromatic carbocycles. The van der Waals surface area contributed by atoms with E-state index in [4.69, 9.17) is 4.74 Å². The van der Waals surface area contributed by atoms with Gasteiger partial charge in [0.15, 0.2) is 0 Å². The van der Waals surface area contributed by atoms with E-state index >= 15 is 0 Å². The number of carbonyl (C=O) groups excluding carboxylic acids is 3. The molecule has 4 aromatic heterocycles. The van der Waals surface area contributed by atoms with Crippen LogP contribution in [0.2, 0.25) is 0 Å². The van der Waals surface area contributed by atoms with E-state index in [1.165, 1.54) is 127 Å². The van der Waals surface area contributed by atoms with E-state index in [1.807, 2.05) is 55.0 Å². The van der Waals surface area contributed by atoms with E-state index in [0.29, 0.717) is 17.8 Å². The number of ether oxygens (including phenoxy) is 1. The molecule has 8 aromatic rings. The van der Waals surface area contributed by atoms with Crippen LogP contribution in [0.25, 0.3) is 32.7 Å². The number of benzene rings is 4. The average molecular weight is 1420 g/mol. The summed E-state index contributed by atoms with van der Waals surface area (Å²) in [4.78, 5) is 53.8. The fourth-order valence-electron chi connectivity index (χ4n) is 15.6. The second kappa shape index (κ2) is 43.9. The molecule has 0 bridgehead atoms. The van der Waals surface area contributed by atoms with Crippen molar-refractivity contribution in [3.63, 3.8) is 0 Å². The number of hydrogen-bond donors (Lipinski definition) is 3. The minimum atomic E-state index is -0.238. The van der Waals surface area contributed by atoms with Gasteiger partial charge in [-0.1, -0.05) is 160 Å². The summed E-state index contributed by atoms with van der Waals surface area (Å²) in [5, 5.41) is 12.8. The molecule has 15 nitrogen and oxygen atoms in total. The molecule has 3 aliphatic heterocycles. The first kappa shape index (κ1) is 80.7. The number of halogens is 1. The number of hydrogen-bond acceptors (Lipinski definition) is 9. The van der Waals surface area contributed by atoms with Crippen molar-refractivity contribution in [1.29, 1.82) is 0 Å². The van der Waals surface area contributed by atoms with Crippen molar-refractivity contribution in [3.8, 4) is 5.75 Å². The second-order valence-electron chi connectivity index (χ2n) is 30.0. The van der Waals surface area contributed by atoms with Gasteiger partial charge in [0.2, 0.25) is 0 Å². The number of para-hydroxylation sites is 3. The maximum atomic E-state index is 13.1. The van der Waals surface area contributed by atoms with E-state index < -0.39 is 0 Å². The number of nitrogens with zero attached hydrogens (tertiary/aromatic N) is 8. The Kier molecular flexibility index (Phi) is 34.1. The van der Waals surface area contributed by atoms with E-state index in [0.717, 1.165) is 198 Å². The molecule has 3 fully saturated rings. The minimum absolute atomic E-state index is 0.0353. The van der Waals surface area contributed by atoms with Gasteiger partial charge in [-0.25, -0.2) is 4.39 Å². The topological polar surface area (TPSA) is 137 Å². The van der Waals surface area contributed by atoms with Crippen molar-refractivity contribution in [2.24, 2.45) is 17.8 Å². The highest BCUT2D eigenvalue weighted by Gasteiger charge is 2.27. The van der Waals surface area contributed by atoms with Crippen molar-refractivity contribution in [2.75, 3.05) is 92.1 Å². The Morgan fingerprint density at radius 1 is 0.490 bits per heavy atom. The average Bonchev–Trinajstić information content (AvgIpc) is 1.66. The summed E-state index contributed by atoms with van der Waals surface area (Å²) in [5.41, 5.74) is 6.97. The molecule has 7 heterocycles. The summed E-state index contributed by atoms with van der Waals surface area (Å²) in [5.74, 6) is 2.34. The Bertz CT molecular complexity index is 3770. The lowest BCUT2D eigenvalue weighted by molar-refractivity contribution is 0.0939. The monoisotopic (exact) mass is 1420 g/mol. The number of aromatic nitrogens is 4. The second-order valence-corrected chi connectivity index (χ2v) is 30.0. The van der Waals surface area contributed by atoms with Gasteiger partial charge in [0.25, 0.3) is 17.7 Å². The predicted molar refractivity (Wildman–Crippen MR) is 429 cm³/mol. The van der Waals surface area contributed by atoms with Crippen molar-refractivity contribution in [2.45, 2.75) is 215 Å². The quantitative estimate of drug-likeness (QED) is 0.0344.